The maximum absolute atomic E-state index is 12.6. The molecule has 6 heteroatoms. The average Bonchev–Trinajstić information content (AvgIpc) is 2.05. The number of anilines is 1. The third-order valence-electron chi connectivity index (χ3n) is 2.04. The van der Waals surface area contributed by atoms with E-state index >= 15 is 0 Å². The molecule has 1 aromatic carbocycles. The van der Waals surface area contributed by atoms with Crippen molar-refractivity contribution in [2.24, 2.45) is 0 Å². The molecular weight excluding hydrogens is 206 g/mol. The minimum absolute atomic E-state index is 0.0185. The molecule has 2 N–H and O–H groups in total. The molecule has 0 aliphatic heterocycles. The summed E-state index contributed by atoms with van der Waals surface area (Å²) < 4.78 is 37.7. The van der Waals surface area contributed by atoms with Gasteiger partial charge in [0.25, 0.3) is 0 Å². The minimum atomic E-state index is -4.60. The normalized spacial score (nSPS) is 11.2. The molecule has 0 unspecified atom stereocenters. The number of halogens is 3. The van der Waals surface area contributed by atoms with Gasteiger partial charge in [0.15, 0.2) is 0 Å². The molecule has 0 saturated carbocycles. The van der Waals surface area contributed by atoms with Crippen molar-refractivity contribution in [3.8, 4) is 0 Å². The molecule has 0 fully saturated rings. The van der Waals surface area contributed by atoms with Gasteiger partial charge in [0, 0.05) is 5.69 Å². The SMILES string of the molecule is CC(=O)B(c1ccccc1N)C(F)(F)F. The Bertz CT molecular complexity index is 378. The lowest BCUT2D eigenvalue weighted by Gasteiger charge is -2.15. The molecule has 2 nitrogen and oxygen atoms in total. The standard InChI is InChI=1S/C9H9BF3NO/c1-6(15)10(9(11,12)13)7-4-2-3-5-8(7)14/h2-5H,14H2,1H3. The van der Waals surface area contributed by atoms with E-state index < -0.39 is 18.5 Å². The molecule has 0 aromatic heterocycles. The van der Waals surface area contributed by atoms with Gasteiger partial charge in [0.2, 0.25) is 0 Å². The van der Waals surface area contributed by atoms with Crippen LogP contribution in [0.25, 0.3) is 0 Å². The summed E-state index contributed by atoms with van der Waals surface area (Å²) in [7, 11) is 0. The number of hydrogen-bond acceptors (Lipinski definition) is 2. The van der Waals surface area contributed by atoms with E-state index in [1.54, 1.807) is 0 Å². The van der Waals surface area contributed by atoms with Gasteiger partial charge in [-0.15, -0.1) is 0 Å². The number of nitrogens with two attached hydrogens (primary N) is 1. The van der Waals surface area contributed by atoms with Crippen molar-refractivity contribution >= 4 is 23.5 Å². The highest BCUT2D eigenvalue weighted by Gasteiger charge is 2.49. The van der Waals surface area contributed by atoms with E-state index in [1.165, 1.54) is 24.3 Å². The maximum atomic E-state index is 12.6. The van der Waals surface area contributed by atoms with Crippen LogP contribution in [0, 0.1) is 0 Å². The summed E-state index contributed by atoms with van der Waals surface area (Å²) in [6.07, 6.45) is -4.60. The van der Waals surface area contributed by atoms with Crippen molar-refractivity contribution in [2.45, 2.75) is 13.0 Å². The number of hydrogen-bond donors (Lipinski definition) is 1. The van der Waals surface area contributed by atoms with Gasteiger partial charge >= 0.3 is 12.8 Å². The lowest BCUT2D eigenvalue weighted by molar-refractivity contribution is -0.113. The van der Waals surface area contributed by atoms with Crippen LogP contribution in [0.1, 0.15) is 6.92 Å². The van der Waals surface area contributed by atoms with Crippen LogP contribution < -0.4 is 11.2 Å². The molecule has 0 aliphatic rings. The smallest absolute Gasteiger partial charge is 0.384 e. The zero-order valence-corrected chi connectivity index (χ0v) is 8.01. The first kappa shape index (κ1) is 11.6. The Morgan fingerprint density at radius 2 is 1.87 bits per heavy atom. The van der Waals surface area contributed by atoms with Gasteiger partial charge in [-0.05, 0) is 18.5 Å². The molecule has 1 rings (SSSR count). The van der Waals surface area contributed by atoms with Gasteiger partial charge < -0.3 is 10.5 Å². The number of nitrogen functional groups attached to an aromatic ring is 1. The summed E-state index contributed by atoms with van der Waals surface area (Å²) in [5, 5.41) is 0. The van der Waals surface area contributed by atoms with Crippen LogP contribution in [-0.4, -0.2) is 18.5 Å². The molecule has 0 heterocycles. The highest BCUT2D eigenvalue weighted by Crippen LogP contribution is 2.21. The zero-order valence-electron chi connectivity index (χ0n) is 8.01. The van der Waals surface area contributed by atoms with Gasteiger partial charge in [-0.3, -0.25) is 0 Å². The first-order valence-electron chi connectivity index (χ1n) is 4.25. The number of carbonyl (C=O) groups is 1. The van der Waals surface area contributed by atoms with E-state index in [0.29, 0.717) is 0 Å². The van der Waals surface area contributed by atoms with Gasteiger partial charge in [0.05, 0.1) is 0 Å². The largest absolute Gasteiger partial charge is 0.399 e. The second kappa shape index (κ2) is 3.96. The van der Waals surface area contributed by atoms with Crippen LogP contribution >= 0.6 is 0 Å². The van der Waals surface area contributed by atoms with Crippen LogP contribution in [-0.2, 0) is 4.79 Å². The highest BCUT2D eigenvalue weighted by atomic mass is 19.4. The van der Waals surface area contributed by atoms with Gasteiger partial charge in [-0.25, -0.2) is 0 Å². The summed E-state index contributed by atoms with van der Waals surface area (Å²) >= 11 is 0. The Morgan fingerprint density at radius 3 is 2.27 bits per heavy atom. The monoisotopic (exact) mass is 215 g/mol. The Hall–Kier alpha value is -1.46. The van der Waals surface area contributed by atoms with E-state index in [1.807, 2.05) is 0 Å². The number of rotatable bonds is 2. The second-order valence-corrected chi connectivity index (χ2v) is 3.21. The van der Waals surface area contributed by atoms with E-state index in [2.05, 4.69) is 0 Å². The molecule has 1 aromatic rings. The Labute approximate surface area is 85.3 Å². The minimum Gasteiger partial charge on any atom is -0.399 e. The molecule has 0 amide bonds. The van der Waals surface area contributed by atoms with Gasteiger partial charge in [-0.1, -0.05) is 18.2 Å². The molecule has 80 valence electrons. The number of carbonyl (C=O) groups excluding carboxylic acids is 1. The molecule has 0 bridgehead atoms. The van der Waals surface area contributed by atoms with Crippen molar-refractivity contribution in [3.05, 3.63) is 24.3 Å². The van der Waals surface area contributed by atoms with Gasteiger partial charge in [0.1, 0.15) is 5.68 Å². The Morgan fingerprint density at radius 1 is 1.33 bits per heavy atom. The highest BCUT2D eigenvalue weighted by molar-refractivity contribution is 7.01. The predicted molar refractivity (Wildman–Crippen MR) is 53.0 cm³/mol. The number of alkyl halides is 3. The first-order valence-corrected chi connectivity index (χ1v) is 4.25. The van der Waals surface area contributed by atoms with Crippen LogP contribution in [0.5, 0.6) is 0 Å². The first-order chi connectivity index (χ1) is 6.84. The van der Waals surface area contributed by atoms with Crippen LogP contribution in [0.4, 0.5) is 18.9 Å². The van der Waals surface area contributed by atoms with Crippen molar-refractivity contribution in [1.29, 1.82) is 0 Å². The van der Waals surface area contributed by atoms with E-state index in [4.69, 9.17) is 5.73 Å². The molecule has 15 heavy (non-hydrogen) atoms. The Kier molecular flexibility index (Phi) is 3.07. The summed E-state index contributed by atoms with van der Waals surface area (Å²) in [6, 6.07) is 5.51. The Balaban J connectivity index is 3.23. The number of para-hydroxylation sites is 1. The average molecular weight is 215 g/mol. The van der Waals surface area contributed by atoms with Crippen LogP contribution in [0.15, 0.2) is 24.3 Å². The lowest BCUT2D eigenvalue weighted by Crippen LogP contribution is -2.51. The van der Waals surface area contributed by atoms with Crippen LogP contribution in [0.2, 0.25) is 0 Å². The fourth-order valence-electron chi connectivity index (χ4n) is 1.40. The lowest BCUT2D eigenvalue weighted by atomic mass is 9.41. The van der Waals surface area contributed by atoms with E-state index in [0.717, 1.165) is 6.92 Å². The zero-order chi connectivity index (χ0) is 11.6. The summed E-state index contributed by atoms with van der Waals surface area (Å²) in [4.78, 5) is 11.0. The van der Waals surface area contributed by atoms with Crippen molar-refractivity contribution in [2.75, 3.05) is 5.73 Å². The number of benzene rings is 1. The molecule has 0 atom stereocenters. The molecule has 0 aliphatic carbocycles. The molecule has 0 spiro atoms. The predicted octanol–water partition coefficient (Wildman–Crippen LogP) is 1.20. The summed E-state index contributed by atoms with van der Waals surface area (Å²) in [5.74, 6) is 0. The maximum Gasteiger partial charge on any atom is 0.384 e. The summed E-state index contributed by atoms with van der Waals surface area (Å²) in [6.45, 7) is -1.22. The van der Waals surface area contributed by atoms with Crippen molar-refractivity contribution in [3.63, 3.8) is 0 Å². The fourth-order valence-corrected chi connectivity index (χ4v) is 1.40. The van der Waals surface area contributed by atoms with E-state index in [-0.39, 0.29) is 11.2 Å². The van der Waals surface area contributed by atoms with E-state index in [9.17, 15) is 18.0 Å². The third-order valence-corrected chi connectivity index (χ3v) is 2.04. The topological polar surface area (TPSA) is 43.1 Å². The van der Waals surface area contributed by atoms with Crippen molar-refractivity contribution in [1.82, 2.24) is 0 Å². The van der Waals surface area contributed by atoms with Crippen molar-refractivity contribution < 1.29 is 18.0 Å². The quantitative estimate of drug-likeness (QED) is 0.594. The second-order valence-electron chi connectivity index (χ2n) is 3.21. The fraction of sp³-hybridized carbons (Fsp3) is 0.222. The summed E-state index contributed by atoms with van der Waals surface area (Å²) in [5.41, 5.74) is 4.24. The molecular formula is C9H9BF3NO. The third kappa shape index (κ3) is 2.52. The van der Waals surface area contributed by atoms with Crippen LogP contribution in [0.3, 0.4) is 0 Å². The van der Waals surface area contributed by atoms with Gasteiger partial charge in [-0.2, -0.15) is 13.2 Å². The molecule has 0 radical (unpaired) electrons. The molecule has 0 saturated heterocycles.